The van der Waals surface area contributed by atoms with E-state index in [-0.39, 0.29) is 0 Å². The Hall–Kier alpha value is -0.680. The van der Waals surface area contributed by atoms with E-state index in [9.17, 15) is 0 Å². The Morgan fingerprint density at radius 1 is 0.462 bits per heavy atom. The summed E-state index contributed by atoms with van der Waals surface area (Å²) in [7, 11) is 2.21. The predicted molar refractivity (Wildman–Crippen MR) is 392 cm³/mol. The van der Waals surface area contributed by atoms with Crippen LogP contribution >= 0.6 is 0 Å². The van der Waals surface area contributed by atoms with Gasteiger partial charge in [-0.2, -0.15) is 0 Å². The van der Waals surface area contributed by atoms with Crippen LogP contribution in [0.4, 0.5) is 0 Å². The van der Waals surface area contributed by atoms with Gasteiger partial charge in [-0.15, -0.1) is 0 Å². The fourth-order valence-electron chi connectivity index (χ4n) is 12.3. The zero-order valence-electron chi connectivity index (χ0n) is 63.2. The van der Waals surface area contributed by atoms with Crippen molar-refractivity contribution >= 4 is 0 Å². The Balaban J connectivity index is 0.000000292. The average molecular weight is 1330 g/mol. The topological polar surface area (TPSA) is 129 Å². The summed E-state index contributed by atoms with van der Waals surface area (Å²) in [6.07, 6.45) is 31.2. The molecule has 4 aliphatic heterocycles. The Kier molecular flexibility index (Phi) is 55.9. The molecule has 4 saturated carbocycles. The van der Waals surface area contributed by atoms with E-state index >= 15 is 0 Å². The average Bonchev–Trinajstić information content (AvgIpc) is 2.81. The summed E-state index contributed by atoms with van der Waals surface area (Å²) < 4.78 is 43.1. The highest BCUT2D eigenvalue weighted by molar-refractivity contribution is 4.83. The fourth-order valence-corrected chi connectivity index (χ4v) is 12.3. The van der Waals surface area contributed by atoms with Gasteiger partial charge in [0.2, 0.25) is 0 Å². The lowest BCUT2D eigenvalue weighted by molar-refractivity contribution is 0.0367. The van der Waals surface area contributed by atoms with Crippen molar-refractivity contribution in [2.75, 3.05) is 230 Å². The van der Waals surface area contributed by atoms with Crippen molar-refractivity contribution in [2.24, 2.45) is 23.7 Å². The number of likely N-dealkylation sites (N-methyl/N-ethyl adjacent to an activating group) is 1. The van der Waals surface area contributed by atoms with E-state index in [0.717, 1.165) is 208 Å². The van der Waals surface area contributed by atoms with Crippen molar-refractivity contribution in [3.05, 3.63) is 0 Å². The smallest absolute Gasteiger partial charge is 0.0594 e. The molecule has 0 bridgehead atoms. The molecule has 0 aromatic rings. The first-order valence-corrected chi connectivity index (χ1v) is 39.6. The second-order valence-corrected chi connectivity index (χ2v) is 29.1. The van der Waals surface area contributed by atoms with Crippen molar-refractivity contribution in [3.8, 4) is 0 Å². The molecule has 2 unspecified atom stereocenters. The molecule has 4 heterocycles. The second kappa shape index (κ2) is 60.1. The lowest BCUT2D eigenvalue weighted by Crippen LogP contribution is -2.41. The maximum Gasteiger partial charge on any atom is 0.0594 e. The first-order chi connectivity index (χ1) is 45.4. The summed E-state index contributed by atoms with van der Waals surface area (Å²) >= 11 is 0. The maximum absolute atomic E-state index is 5.58. The predicted octanol–water partition coefficient (Wildman–Crippen LogP) is 11.5. The number of nitrogens with zero attached hydrogens (tertiary/aromatic N) is 6. The molecule has 8 fully saturated rings. The minimum absolute atomic E-state index is 0.383. The Morgan fingerprint density at radius 3 is 1.47 bits per heavy atom. The lowest BCUT2D eigenvalue weighted by Gasteiger charge is -2.30. The van der Waals surface area contributed by atoms with E-state index in [2.05, 4.69) is 115 Å². The van der Waals surface area contributed by atoms with Crippen LogP contribution in [0.25, 0.3) is 0 Å². The number of ether oxygens (including phenoxy) is 8. The zero-order chi connectivity index (χ0) is 67.0. The van der Waals surface area contributed by atoms with Gasteiger partial charge < -0.3 is 63.6 Å². The van der Waals surface area contributed by atoms with Gasteiger partial charge in [-0.25, -0.2) is 0 Å². The third-order valence-electron chi connectivity index (χ3n) is 19.0. The molecule has 3 N–H and O–H groups in total. The van der Waals surface area contributed by atoms with Crippen LogP contribution in [-0.4, -0.2) is 290 Å². The largest absolute Gasteiger partial charge is 0.382 e. The highest BCUT2D eigenvalue weighted by Gasteiger charge is 2.29. The molecule has 17 nitrogen and oxygen atoms in total. The second-order valence-electron chi connectivity index (χ2n) is 29.1. The van der Waals surface area contributed by atoms with Gasteiger partial charge in [0, 0.05) is 156 Å². The third-order valence-corrected chi connectivity index (χ3v) is 19.0. The summed E-state index contributed by atoms with van der Waals surface area (Å²) in [6, 6.07) is 2.01. The number of hydrogen-bond donors (Lipinski definition) is 3. The minimum Gasteiger partial charge on any atom is -0.382 e. The highest BCUT2D eigenvalue weighted by Crippen LogP contribution is 2.34. The number of likely N-dealkylation sites (tertiary alicyclic amines) is 1. The number of morpholine rings is 3. The normalized spacial score (nSPS) is 20.2. The molecule has 0 amide bonds. The van der Waals surface area contributed by atoms with Gasteiger partial charge >= 0.3 is 0 Å². The van der Waals surface area contributed by atoms with Crippen LogP contribution in [0.2, 0.25) is 0 Å². The standard InChI is InChI=1S/C15H30N2O.C13H28N2O.2C13H27NO2.C12H23NO.C10H22N2O/c1-2-18-11-3-8-16-9-10-17(12-14-4-5-14)13-15-6-7-15;1-11(2)15(12(3)4)9-7-14-8-10-16-13-5-6-13;1-13(2)16-10-6-4-3-5-7-14-8-11-15-12-9-14;1-3-15-12-13(2)6-4-5-7-14-8-10-16-11-9-14;1(2-4-12-5-6-12)3-7-13-8-10-14-11-9-13;1-3-13-8-6-11-9-10-5-4-7-12(10)2/h14-16H,2-13H2,1H3;11-14H,5-10H2,1-4H3;2*13H,3-12H2,1-2H3;12H,1-11H2;10-11H,3-9H2,1-2H3. The first kappa shape index (κ1) is 86.5. The van der Waals surface area contributed by atoms with Crippen LogP contribution in [0, 0.1) is 23.7 Å². The minimum atomic E-state index is 0.383. The Morgan fingerprint density at radius 2 is 0.968 bits per heavy atom. The van der Waals surface area contributed by atoms with Crippen molar-refractivity contribution in [1.29, 1.82) is 0 Å². The molecule has 0 aromatic heterocycles. The molecule has 0 aromatic carbocycles. The van der Waals surface area contributed by atoms with Crippen LogP contribution in [0.1, 0.15) is 210 Å². The molecule has 4 aliphatic carbocycles. The summed E-state index contributed by atoms with van der Waals surface area (Å²) in [5, 5.41) is 10.4. The van der Waals surface area contributed by atoms with Crippen molar-refractivity contribution in [3.63, 3.8) is 0 Å². The molecule has 0 radical (unpaired) electrons. The van der Waals surface area contributed by atoms with Gasteiger partial charge in [-0.05, 0) is 216 Å². The van der Waals surface area contributed by atoms with E-state index in [0.29, 0.717) is 30.2 Å². The van der Waals surface area contributed by atoms with Gasteiger partial charge in [-0.1, -0.05) is 58.3 Å². The van der Waals surface area contributed by atoms with E-state index in [4.69, 9.17) is 37.9 Å². The van der Waals surface area contributed by atoms with Crippen LogP contribution in [-0.2, 0) is 37.9 Å². The van der Waals surface area contributed by atoms with E-state index in [1.165, 1.54) is 181 Å². The number of rotatable bonds is 49. The van der Waals surface area contributed by atoms with Crippen LogP contribution < -0.4 is 16.0 Å². The maximum atomic E-state index is 5.58. The van der Waals surface area contributed by atoms with Crippen LogP contribution in [0.3, 0.4) is 0 Å². The van der Waals surface area contributed by atoms with E-state index in [1.54, 1.807) is 0 Å². The molecule has 0 spiro atoms. The molecular formula is C76H157N9O8. The SMILES string of the molecule is C(CCC1CC1)CCN1CCOCC1.CC(C)N(CCNCCOC1CC1)C(C)C.CC(C)OCCCCCCN1CCOCC1.CCOCC(C)CCCCN1CCOCC1.CCOCCCNCCN(CC1CC1)CC1CC1.CCOCCNCC1CCCN1C. The number of unbranched alkanes of at least 4 members (excludes halogenated alkanes) is 6. The first-order valence-electron chi connectivity index (χ1n) is 39.6. The van der Waals surface area contributed by atoms with E-state index in [1.807, 2.05) is 6.92 Å². The van der Waals surface area contributed by atoms with Gasteiger partial charge in [0.25, 0.3) is 0 Å². The molecular weight excluding hydrogens is 1170 g/mol. The van der Waals surface area contributed by atoms with Crippen LogP contribution in [0.5, 0.6) is 0 Å². The van der Waals surface area contributed by atoms with Gasteiger partial charge in [-0.3, -0.25) is 19.6 Å². The monoisotopic (exact) mass is 1320 g/mol. The molecule has 2 atom stereocenters. The number of nitrogens with one attached hydrogen (secondary N) is 3. The molecule has 8 rings (SSSR count). The van der Waals surface area contributed by atoms with Gasteiger partial charge in [0.1, 0.15) is 0 Å². The summed E-state index contributed by atoms with van der Waals surface area (Å²) in [4.78, 5) is 15.2. The molecule has 93 heavy (non-hydrogen) atoms. The van der Waals surface area contributed by atoms with E-state index < -0.39 is 0 Å². The Labute approximate surface area is 575 Å². The van der Waals surface area contributed by atoms with Crippen molar-refractivity contribution in [1.82, 2.24) is 45.3 Å². The molecule has 4 saturated heterocycles. The van der Waals surface area contributed by atoms with Crippen molar-refractivity contribution in [2.45, 2.75) is 241 Å². The van der Waals surface area contributed by atoms with Crippen molar-refractivity contribution < 1.29 is 37.9 Å². The van der Waals surface area contributed by atoms with Gasteiger partial charge in [0.15, 0.2) is 0 Å². The summed E-state index contributed by atoms with van der Waals surface area (Å²) in [6.45, 7) is 57.5. The van der Waals surface area contributed by atoms with Crippen LogP contribution in [0.15, 0.2) is 0 Å². The third kappa shape index (κ3) is 54.8. The summed E-state index contributed by atoms with van der Waals surface area (Å²) in [5.41, 5.74) is 0. The fraction of sp³-hybridized carbons (Fsp3) is 1.00. The lowest BCUT2D eigenvalue weighted by atomic mass is 10.1. The van der Waals surface area contributed by atoms with Gasteiger partial charge in [0.05, 0.1) is 65.1 Å². The quantitative estimate of drug-likeness (QED) is 0.0499. The number of hydrogen-bond acceptors (Lipinski definition) is 17. The molecule has 554 valence electrons. The summed E-state index contributed by atoms with van der Waals surface area (Å²) in [5.74, 6) is 3.89. The molecule has 8 aliphatic rings. The Bertz CT molecular complexity index is 1540. The molecule has 17 heteroatoms. The zero-order valence-corrected chi connectivity index (χ0v) is 63.2. The highest BCUT2D eigenvalue weighted by atomic mass is 16.5.